The molecule has 22 heavy (non-hydrogen) atoms. The summed E-state index contributed by atoms with van der Waals surface area (Å²) in [6, 6.07) is 9.94. The van der Waals surface area contributed by atoms with Crippen molar-refractivity contribution in [2.75, 3.05) is 26.7 Å². The molecule has 1 aromatic carbocycles. The first kappa shape index (κ1) is 19.1. The summed E-state index contributed by atoms with van der Waals surface area (Å²) >= 11 is 0. The summed E-state index contributed by atoms with van der Waals surface area (Å²) in [4.78, 5) is 6.73. The summed E-state index contributed by atoms with van der Waals surface area (Å²) in [6.45, 7) is 7.34. The summed E-state index contributed by atoms with van der Waals surface area (Å²) in [5, 5.41) is 3.42. The van der Waals surface area contributed by atoms with Crippen LogP contribution in [0.1, 0.15) is 26.7 Å². The van der Waals surface area contributed by atoms with Gasteiger partial charge in [0.1, 0.15) is 11.9 Å². The Labute approximate surface area is 151 Å². The molecule has 2 rings (SSSR count). The van der Waals surface area contributed by atoms with Gasteiger partial charge in [-0.1, -0.05) is 25.1 Å². The number of guanidine groups is 1. The van der Waals surface area contributed by atoms with E-state index >= 15 is 0 Å². The van der Waals surface area contributed by atoms with Gasteiger partial charge in [0.25, 0.3) is 0 Å². The second-order valence-corrected chi connectivity index (χ2v) is 5.84. The number of nitrogens with zero attached hydrogens (tertiary/aromatic N) is 2. The molecule has 0 radical (unpaired) electrons. The number of halogens is 1. The van der Waals surface area contributed by atoms with Crippen LogP contribution < -0.4 is 10.1 Å². The van der Waals surface area contributed by atoms with Crippen molar-refractivity contribution < 1.29 is 4.74 Å². The van der Waals surface area contributed by atoms with E-state index in [0.717, 1.165) is 37.3 Å². The van der Waals surface area contributed by atoms with Gasteiger partial charge in [0.2, 0.25) is 0 Å². The minimum Gasteiger partial charge on any atom is -0.489 e. The van der Waals surface area contributed by atoms with Crippen LogP contribution in [0.5, 0.6) is 5.75 Å². The van der Waals surface area contributed by atoms with Crippen LogP contribution in [0.3, 0.4) is 0 Å². The predicted molar refractivity (Wildman–Crippen MR) is 103 cm³/mol. The first-order chi connectivity index (χ1) is 10.2. The second kappa shape index (κ2) is 9.92. The Morgan fingerprint density at radius 3 is 2.55 bits per heavy atom. The fourth-order valence-electron chi connectivity index (χ4n) is 2.56. The zero-order valence-corrected chi connectivity index (χ0v) is 16.1. The minimum absolute atomic E-state index is 0. The van der Waals surface area contributed by atoms with E-state index in [1.807, 2.05) is 37.4 Å². The quantitative estimate of drug-likeness (QED) is 0.464. The summed E-state index contributed by atoms with van der Waals surface area (Å²) < 4.78 is 5.88. The minimum atomic E-state index is 0. The Hall–Kier alpha value is -0.980. The maximum absolute atomic E-state index is 5.88. The van der Waals surface area contributed by atoms with E-state index < -0.39 is 0 Å². The van der Waals surface area contributed by atoms with Gasteiger partial charge in [-0.3, -0.25) is 4.99 Å². The van der Waals surface area contributed by atoms with E-state index in [2.05, 4.69) is 29.1 Å². The normalized spacial score (nSPS) is 17.6. The van der Waals surface area contributed by atoms with E-state index in [0.29, 0.717) is 0 Å². The number of ether oxygens (including phenoxy) is 1. The van der Waals surface area contributed by atoms with Crippen LogP contribution in [0.4, 0.5) is 0 Å². The summed E-state index contributed by atoms with van der Waals surface area (Å²) in [5.74, 6) is 2.73. The van der Waals surface area contributed by atoms with Gasteiger partial charge in [-0.2, -0.15) is 0 Å². The number of piperidine rings is 1. The number of para-hydroxylation sites is 1. The summed E-state index contributed by atoms with van der Waals surface area (Å²) in [7, 11) is 1.85. The third-order valence-electron chi connectivity index (χ3n) is 3.92. The molecule has 0 saturated carbocycles. The highest BCUT2D eigenvalue weighted by atomic mass is 127. The summed E-state index contributed by atoms with van der Waals surface area (Å²) in [6.07, 6.45) is 2.60. The first-order valence-electron chi connectivity index (χ1n) is 7.86. The molecule has 1 unspecified atom stereocenters. The van der Waals surface area contributed by atoms with Crippen molar-refractivity contribution in [1.29, 1.82) is 0 Å². The molecule has 1 aliphatic heterocycles. The van der Waals surface area contributed by atoms with Crippen LogP contribution >= 0.6 is 24.0 Å². The van der Waals surface area contributed by atoms with E-state index in [1.54, 1.807) is 0 Å². The molecule has 1 aromatic rings. The lowest BCUT2D eigenvalue weighted by atomic mass is 10.00. The van der Waals surface area contributed by atoms with Gasteiger partial charge in [0.05, 0.1) is 6.54 Å². The highest BCUT2D eigenvalue weighted by Crippen LogP contribution is 2.16. The molecular formula is C17H28IN3O. The number of nitrogens with one attached hydrogen (secondary N) is 1. The zero-order chi connectivity index (χ0) is 15.1. The molecule has 0 amide bonds. The van der Waals surface area contributed by atoms with Crippen LogP contribution in [-0.2, 0) is 0 Å². The SMILES string of the molecule is CN=C(NCC(C)Oc1ccccc1)N1CCC(C)CC1.I. The third kappa shape index (κ3) is 6.02. The molecule has 1 aliphatic rings. The van der Waals surface area contributed by atoms with E-state index in [1.165, 1.54) is 12.8 Å². The molecule has 0 aromatic heterocycles. The number of hydrogen-bond acceptors (Lipinski definition) is 2. The van der Waals surface area contributed by atoms with Crippen LogP contribution in [0.25, 0.3) is 0 Å². The van der Waals surface area contributed by atoms with E-state index in [-0.39, 0.29) is 30.1 Å². The smallest absolute Gasteiger partial charge is 0.193 e. The van der Waals surface area contributed by atoms with Crippen molar-refractivity contribution in [2.24, 2.45) is 10.9 Å². The van der Waals surface area contributed by atoms with Crippen LogP contribution in [0.2, 0.25) is 0 Å². The number of likely N-dealkylation sites (tertiary alicyclic amines) is 1. The molecular weight excluding hydrogens is 389 g/mol. The van der Waals surface area contributed by atoms with Crippen molar-refractivity contribution in [3.63, 3.8) is 0 Å². The van der Waals surface area contributed by atoms with Crippen molar-refractivity contribution >= 4 is 29.9 Å². The van der Waals surface area contributed by atoms with Gasteiger partial charge in [-0.05, 0) is 37.8 Å². The Morgan fingerprint density at radius 1 is 1.32 bits per heavy atom. The lowest BCUT2D eigenvalue weighted by molar-refractivity contribution is 0.218. The predicted octanol–water partition coefficient (Wildman–Crippen LogP) is 3.38. The van der Waals surface area contributed by atoms with Crippen LogP contribution in [-0.4, -0.2) is 43.6 Å². The topological polar surface area (TPSA) is 36.9 Å². The molecule has 1 fully saturated rings. The fraction of sp³-hybridized carbons (Fsp3) is 0.588. The number of benzene rings is 1. The van der Waals surface area contributed by atoms with Gasteiger partial charge < -0.3 is 15.0 Å². The molecule has 4 nitrogen and oxygen atoms in total. The van der Waals surface area contributed by atoms with Crippen molar-refractivity contribution in [3.05, 3.63) is 30.3 Å². The molecule has 0 spiro atoms. The van der Waals surface area contributed by atoms with Crippen LogP contribution in [0.15, 0.2) is 35.3 Å². The highest BCUT2D eigenvalue weighted by Gasteiger charge is 2.18. The number of aliphatic imine (C=N–C) groups is 1. The van der Waals surface area contributed by atoms with Gasteiger partial charge in [0.15, 0.2) is 5.96 Å². The molecule has 5 heteroatoms. The van der Waals surface area contributed by atoms with Gasteiger partial charge >= 0.3 is 0 Å². The maximum atomic E-state index is 5.88. The monoisotopic (exact) mass is 417 g/mol. The highest BCUT2D eigenvalue weighted by molar-refractivity contribution is 14.0. The van der Waals surface area contributed by atoms with Crippen LogP contribution in [0, 0.1) is 5.92 Å². The second-order valence-electron chi connectivity index (χ2n) is 5.84. The lowest BCUT2D eigenvalue weighted by Gasteiger charge is -2.33. The largest absolute Gasteiger partial charge is 0.489 e. The van der Waals surface area contributed by atoms with Gasteiger partial charge in [-0.25, -0.2) is 0 Å². The molecule has 0 aliphatic carbocycles. The standard InChI is InChI=1S/C17H27N3O.HI/c1-14-9-11-20(12-10-14)17(18-3)19-13-15(2)21-16-7-5-4-6-8-16;/h4-8,14-15H,9-13H2,1-3H3,(H,18,19);1H. The zero-order valence-electron chi connectivity index (χ0n) is 13.8. The average molecular weight is 417 g/mol. The van der Waals surface area contributed by atoms with Gasteiger partial charge in [0, 0.05) is 20.1 Å². The molecule has 0 bridgehead atoms. The first-order valence-corrected chi connectivity index (χ1v) is 7.86. The Kier molecular flexibility index (Phi) is 8.60. The van der Waals surface area contributed by atoms with Crippen molar-refractivity contribution in [3.8, 4) is 5.75 Å². The van der Waals surface area contributed by atoms with Gasteiger partial charge in [-0.15, -0.1) is 24.0 Å². The average Bonchev–Trinajstić information content (AvgIpc) is 2.50. The molecule has 124 valence electrons. The Morgan fingerprint density at radius 2 is 1.95 bits per heavy atom. The fourth-order valence-corrected chi connectivity index (χ4v) is 2.56. The lowest BCUT2D eigenvalue weighted by Crippen LogP contribution is -2.47. The molecule has 1 N–H and O–H groups in total. The maximum Gasteiger partial charge on any atom is 0.193 e. The summed E-state index contributed by atoms with van der Waals surface area (Å²) in [5.41, 5.74) is 0. The Bertz CT molecular complexity index is 444. The number of hydrogen-bond donors (Lipinski definition) is 1. The van der Waals surface area contributed by atoms with Crippen molar-refractivity contribution in [2.45, 2.75) is 32.8 Å². The molecule has 1 heterocycles. The van der Waals surface area contributed by atoms with E-state index in [4.69, 9.17) is 4.74 Å². The Balaban J connectivity index is 0.00000242. The number of rotatable bonds is 4. The third-order valence-corrected chi connectivity index (χ3v) is 3.92. The molecule has 1 atom stereocenters. The van der Waals surface area contributed by atoms with Crippen molar-refractivity contribution in [1.82, 2.24) is 10.2 Å². The van der Waals surface area contributed by atoms with E-state index in [9.17, 15) is 0 Å². The molecule has 1 saturated heterocycles.